The fourth-order valence-electron chi connectivity index (χ4n) is 1.91. The molecule has 2 amide bonds. The molecule has 2 atom stereocenters. The van der Waals surface area contributed by atoms with Crippen LogP contribution in [-0.2, 0) is 9.53 Å². The minimum absolute atomic E-state index is 0.142. The molecule has 6 heteroatoms. The first-order chi connectivity index (χ1) is 8.50. The van der Waals surface area contributed by atoms with Gasteiger partial charge in [0, 0.05) is 19.8 Å². The molecule has 18 heavy (non-hydrogen) atoms. The lowest BCUT2D eigenvalue weighted by atomic mass is 10.0. The normalized spacial score (nSPS) is 20.7. The Bertz CT molecular complexity index is 288. The Morgan fingerprint density at radius 1 is 1.44 bits per heavy atom. The van der Waals surface area contributed by atoms with Crippen molar-refractivity contribution in [3.05, 3.63) is 0 Å². The summed E-state index contributed by atoms with van der Waals surface area (Å²) >= 11 is 0. The molecular weight excluding hydrogens is 236 g/mol. The van der Waals surface area contributed by atoms with Crippen LogP contribution in [-0.4, -0.2) is 42.9 Å². The van der Waals surface area contributed by atoms with E-state index in [1.165, 1.54) is 0 Å². The van der Waals surface area contributed by atoms with Gasteiger partial charge in [0.05, 0.1) is 0 Å². The SMILES string of the molecule is CC(C)[C@H](NC(=O)NCCC1CCOC1)C(=O)O. The number of rotatable bonds is 6. The summed E-state index contributed by atoms with van der Waals surface area (Å²) in [4.78, 5) is 22.4. The highest BCUT2D eigenvalue weighted by atomic mass is 16.5. The summed E-state index contributed by atoms with van der Waals surface area (Å²) in [7, 11) is 0. The molecule has 1 fully saturated rings. The number of carbonyl (C=O) groups excluding carboxylic acids is 1. The van der Waals surface area contributed by atoms with Gasteiger partial charge in [-0.1, -0.05) is 13.8 Å². The van der Waals surface area contributed by atoms with Crippen LogP contribution in [0, 0.1) is 11.8 Å². The predicted octanol–water partition coefficient (Wildman–Crippen LogP) is 0.821. The molecule has 3 N–H and O–H groups in total. The number of aliphatic carboxylic acids is 1. The van der Waals surface area contributed by atoms with Gasteiger partial charge in [0.15, 0.2) is 0 Å². The van der Waals surface area contributed by atoms with Crippen LogP contribution < -0.4 is 10.6 Å². The molecule has 0 aromatic carbocycles. The standard InChI is InChI=1S/C12H22N2O4/c1-8(2)10(11(15)16)14-12(17)13-5-3-9-4-6-18-7-9/h8-10H,3-7H2,1-2H3,(H,15,16)(H2,13,14,17)/t9?,10-/m0/s1. The highest BCUT2D eigenvalue weighted by Crippen LogP contribution is 2.15. The highest BCUT2D eigenvalue weighted by Gasteiger charge is 2.23. The van der Waals surface area contributed by atoms with Crippen LogP contribution in [0.25, 0.3) is 0 Å². The van der Waals surface area contributed by atoms with Crippen molar-refractivity contribution in [1.82, 2.24) is 10.6 Å². The molecule has 0 bridgehead atoms. The Labute approximate surface area is 107 Å². The third-order valence-corrected chi connectivity index (χ3v) is 3.08. The number of hydrogen-bond acceptors (Lipinski definition) is 3. The van der Waals surface area contributed by atoms with E-state index in [1.807, 2.05) is 0 Å². The van der Waals surface area contributed by atoms with Crippen molar-refractivity contribution >= 4 is 12.0 Å². The molecule has 1 rings (SSSR count). The maximum absolute atomic E-state index is 11.5. The summed E-state index contributed by atoms with van der Waals surface area (Å²) in [6, 6.07) is -1.27. The zero-order valence-corrected chi connectivity index (χ0v) is 10.9. The predicted molar refractivity (Wildman–Crippen MR) is 66.3 cm³/mol. The first-order valence-electron chi connectivity index (χ1n) is 6.35. The van der Waals surface area contributed by atoms with E-state index in [4.69, 9.17) is 9.84 Å². The van der Waals surface area contributed by atoms with Crippen LogP contribution in [0.2, 0.25) is 0 Å². The first-order valence-corrected chi connectivity index (χ1v) is 6.35. The van der Waals surface area contributed by atoms with Crippen molar-refractivity contribution in [2.75, 3.05) is 19.8 Å². The summed E-state index contributed by atoms with van der Waals surface area (Å²) in [5, 5.41) is 14.1. The van der Waals surface area contributed by atoms with Gasteiger partial charge in [-0.15, -0.1) is 0 Å². The van der Waals surface area contributed by atoms with Gasteiger partial charge in [-0.25, -0.2) is 9.59 Å². The number of carboxylic acids is 1. The summed E-state index contributed by atoms with van der Waals surface area (Å²) in [5.41, 5.74) is 0. The molecule has 104 valence electrons. The minimum Gasteiger partial charge on any atom is -0.480 e. The maximum Gasteiger partial charge on any atom is 0.326 e. The lowest BCUT2D eigenvalue weighted by molar-refractivity contribution is -0.140. The summed E-state index contributed by atoms with van der Waals surface area (Å²) in [6.45, 7) is 5.62. The Morgan fingerprint density at radius 3 is 2.67 bits per heavy atom. The van der Waals surface area contributed by atoms with Crippen LogP contribution in [0.15, 0.2) is 0 Å². The van der Waals surface area contributed by atoms with Gasteiger partial charge in [0.25, 0.3) is 0 Å². The second kappa shape index (κ2) is 7.20. The number of hydrogen-bond donors (Lipinski definition) is 3. The summed E-state index contributed by atoms with van der Waals surface area (Å²) < 4.78 is 5.24. The Kier molecular flexibility index (Phi) is 5.91. The quantitative estimate of drug-likeness (QED) is 0.658. The Morgan fingerprint density at radius 2 is 2.17 bits per heavy atom. The largest absolute Gasteiger partial charge is 0.480 e. The minimum atomic E-state index is -1.01. The van der Waals surface area contributed by atoms with Crippen LogP contribution in [0.1, 0.15) is 26.7 Å². The van der Waals surface area contributed by atoms with Crippen molar-refractivity contribution in [3.63, 3.8) is 0 Å². The zero-order valence-electron chi connectivity index (χ0n) is 10.9. The third kappa shape index (κ3) is 4.91. The Balaban J connectivity index is 2.21. The number of urea groups is 1. The van der Waals surface area contributed by atoms with Crippen LogP contribution in [0.3, 0.4) is 0 Å². The molecule has 0 aliphatic carbocycles. The van der Waals surface area contributed by atoms with Gasteiger partial charge in [-0.05, 0) is 24.7 Å². The van der Waals surface area contributed by atoms with Crippen molar-refractivity contribution < 1.29 is 19.4 Å². The van der Waals surface area contributed by atoms with E-state index < -0.39 is 18.0 Å². The number of amides is 2. The van der Waals surface area contributed by atoms with Gasteiger partial charge in [-0.2, -0.15) is 0 Å². The average Bonchev–Trinajstić information content (AvgIpc) is 2.78. The van der Waals surface area contributed by atoms with Crippen molar-refractivity contribution in [1.29, 1.82) is 0 Å². The molecular formula is C12H22N2O4. The summed E-state index contributed by atoms with van der Waals surface area (Å²) in [5.74, 6) is -0.647. The van der Waals surface area contributed by atoms with Crippen molar-refractivity contribution in [2.24, 2.45) is 11.8 Å². The maximum atomic E-state index is 11.5. The topological polar surface area (TPSA) is 87.7 Å². The zero-order chi connectivity index (χ0) is 13.5. The van der Waals surface area contributed by atoms with Gasteiger partial charge in [0.2, 0.25) is 0 Å². The average molecular weight is 258 g/mol. The van der Waals surface area contributed by atoms with E-state index in [1.54, 1.807) is 13.8 Å². The molecule has 1 aliphatic rings. The van der Waals surface area contributed by atoms with Crippen molar-refractivity contribution in [2.45, 2.75) is 32.7 Å². The molecule has 0 aromatic heterocycles. The Hall–Kier alpha value is -1.30. The van der Waals surface area contributed by atoms with E-state index in [0.717, 1.165) is 26.1 Å². The van der Waals surface area contributed by atoms with Crippen LogP contribution >= 0.6 is 0 Å². The van der Waals surface area contributed by atoms with Crippen molar-refractivity contribution in [3.8, 4) is 0 Å². The molecule has 1 heterocycles. The molecule has 1 saturated heterocycles. The summed E-state index contributed by atoms with van der Waals surface area (Å²) in [6.07, 6.45) is 1.90. The van der Waals surface area contributed by atoms with Gasteiger partial charge < -0.3 is 20.5 Å². The second-order valence-corrected chi connectivity index (χ2v) is 4.98. The fraction of sp³-hybridized carbons (Fsp3) is 0.833. The van der Waals surface area contributed by atoms with Gasteiger partial charge >= 0.3 is 12.0 Å². The van der Waals surface area contributed by atoms with E-state index in [-0.39, 0.29) is 5.92 Å². The third-order valence-electron chi connectivity index (χ3n) is 3.08. The number of carboxylic acid groups (broad SMARTS) is 1. The number of nitrogens with one attached hydrogen (secondary N) is 2. The molecule has 0 radical (unpaired) electrons. The van der Waals surface area contributed by atoms with E-state index in [0.29, 0.717) is 12.5 Å². The lowest BCUT2D eigenvalue weighted by Crippen LogP contribution is -2.48. The lowest BCUT2D eigenvalue weighted by Gasteiger charge is -2.18. The number of ether oxygens (including phenoxy) is 1. The van der Waals surface area contributed by atoms with Crippen LogP contribution in [0.4, 0.5) is 4.79 Å². The molecule has 1 unspecified atom stereocenters. The molecule has 0 aromatic rings. The smallest absolute Gasteiger partial charge is 0.326 e. The molecule has 0 spiro atoms. The highest BCUT2D eigenvalue weighted by molar-refractivity contribution is 5.82. The van der Waals surface area contributed by atoms with E-state index in [9.17, 15) is 9.59 Å². The first kappa shape index (κ1) is 14.8. The molecule has 0 saturated carbocycles. The number of carbonyl (C=O) groups is 2. The monoisotopic (exact) mass is 258 g/mol. The second-order valence-electron chi connectivity index (χ2n) is 4.98. The molecule has 6 nitrogen and oxygen atoms in total. The van der Waals surface area contributed by atoms with Gasteiger partial charge in [0.1, 0.15) is 6.04 Å². The van der Waals surface area contributed by atoms with E-state index in [2.05, 4.69) is 10.6 Å². The molecule has 1 aliphatic heterocycles. The van der Waals surface area contributed by atoms with Gasteiger partial charge in [-0.3, -0.25) is 0 Å². The van der Waals surface area contributed by atoms with E-state index >= 15 is 0 Å². The fourth-order valence-corrected chi connectivity index (χ4v) is 1.91. The van der Waals surface area contributed by atoms with Crippen LogP contribution in [0.5, 0.6) is 0 Å².